The lowest BCUT2D eigenvalue weighted by Gasteiger charge is -2.08. The highest BCUT2D eigenvalue weighted by Crippen LogP contribution is 2.11. The lowest BCUT2D eigenvalue weighted by molar-refractivity contribution is 0.101. The van der Waals surface area contributed by atoms with E-state index in [1.54, 1.807) is 24.3 Å². The van der Waals surface area contributed by atoms with Crippen molar-refractivity contribution in [1.29, 1.82) is 0 Å². The van der Waals surface area contributed by atoms with Gasteiger partial charge in [-0.1, -0.05) is 23.7 Å². The summed E-state index contributed by atoms with van der Waals surface area (Å²) in [5.41, 5.74) is 2.37. The van der Waals surface area contributed by atoms with E-state index in [9.17, 15) is 9.59 Å². The molecular formula is C17H17ClN2O2. The van der Waals surface area contributed by atoms with Gasteiger partial charge in [-0.25, -0.2) is 4.79 Å². The number of benzene rings is 2. The summed E-state index contributed by atoms with van der Waals surface area (Å²) in [5, 5.41) is 6.20. The van der Waals surface area contributed by atoms with E-state index in [0.717, 1.165) is 12.0 Å². The molecule has 0 bridgehead atoms. The predicted molar refractivity (Wildman–Crippen MR) is 88.6 cm³/mol. The molecule has 5 heteroatoms. The largest absolute Gasteiger partial charge is 0.338 e. The van der Waals surface area contributed by atoms with E-state index in [1.165, 1.54) is 6.92 Å². The summed E-state index contributed by atoms with van der Waals surface area (Å²) in [5.74, 6) is -0.000957. The summed E-state index contributed by atoms with van der Waals surface area (Å²) in [6.07, 6.45) is 0.730. The first-order valence-corrected chi connectivity index (χ1v) is 7.33. The van der Waals surface area contributed by atoms with Crippen LogP contribution in [0.5, 0.6) is 0 Å². The number of rotatable bonds is 5. The smallest absolute Gasteiger partial charge is 0.319 e. The van der Waals surface area contributed by atoms with Crippen molar-refractivity contribution in [3.8, 4) is 0 Å². The molecule has 0 spiro atoms. The van der Waals surface area contributed by atoms with Crippen molar-refractivity contribution < 1.29 is 9.59 Å². The standard InChI is InChI=1S/C17H17ClN2O2/c1-12(21)14-4-8-16(9-5-14)20-17(22)19-11-10-13-2-6-15(18)7-3-13/h2-9H,10-11H2,1H3,(H2,19,20,22). The maximum absolute atomic E-state index is 11.8. The number of urea groups is 1. The number of halogens is 1. The second kappa shape index (κ2) is 7.61. The second-order valence-electron chi connectivity index (χ2n) is 4.89. The van der Waals surface area contributed by atoms with Gasteiger partial charge in [-0.15, -0.1) is 0 Å². The van der Waals surface area contributed by atoms with Crippen LogP contribution in [-0.4, -0.2) is 18.4 Å². The number of hydrogen-bond acceptors (Lipinski definition) is 2. The van der Waals surface area contributed by atoms with E-state index in [-0.39, 0.29) is 11.8 Å². The van der Waals surface area contributed by atoms with Crippen molar-refractivity contribution in [3.63, 3.8) is 0 Å². The van der Waals surface area contributed by atoms with E-state index in [4.69, 9.17) is 11.6 Å². The predicted octanol–water partition coefficient (Wildman–Crippen LogP) is 3.91. The maximum atomic E-state index is 11.8. The Morgan fingerprint density at radius 2 is 1.64 bits per heavy atom. The fourth-order valence-electron chi connectivity index (χ4n) is 1.93. The SMILES string of the molecule is CC(=O)c1ccc(NC(=O)NCCc2ccc(Cl)cc2)cc1. The number of carbonyl (C=O) groups is 2. The highest BCUT2D eigenvalue weighted by atomic mass is 35.5. The first-order valence-electron chi connectivity index (χ1n) is 6.95. The molecule has 0 saturated heterocycles. The third-order valence-electron chi connectivity index (χ3n) is 3.16. The van der Waals surface area contributed by atoms with Crippen LogP contribution in [0.15, 0.2) is 48.5 Å². The number of nitrogens with one attached hydrogen (secondary N) is 2. The number of carbonyl (C=O) groups excluding carboxylic acids is 2. The molecule has 0 heterocycles. The van der Waals surface area contributed by atoms with Gasteiger partial charge in [-0.05, 0) is 55.3 Å². The molecule has 114 valence electrons. The van der Waals surface area contributed by atoms with Gasteiger partial charge < -0.3 is 10.6 Å². The Morgan fingerprint density at radius 3 is 2.23 bits per heavy atom. The van der Waals surface area contributed by atoms with Crippen molar-refractivity contribution >= 4 is 29.1 Å². The molecular weight excluding hydrogens is 300 g/mol. The normalized spacial score (nSPS) is 10.1. The fourth-order valence-corrected chi connectivity index (χ4v) is 2.06. The lowest BCUT2D eigenvalue weighted by atomic mass is 10.1. The summed E-state index contributed by atoms with van der Waals surface area (Å²) in [7, 11) is 0. The lowest BCUT2D eigenvalue weighted by Crippen LogP contribution is -2.30. The minimum atomic E-state index is -0.274. The number of amides is 2. The third-order valence-corrected chi connectivity index (χ3v) is 3.41. The van der Waals surface area contributed by atoms with E-state index < -0.39 is 0 Å². The van der Waals surface area contributed by atoms with Crippen LogP contribution in [0.3, 0.4) is 0 Å². The molecule has 0 fully saturated rings. The molecule has 2 amide bonds. The van der Waals surface area contributed by atoms with Crippen LogP contribution >= 0.6 is 11.6 Å². The van der Waals surface area contributed by atoms with Crippen LogP contribution in [0.2, 0.25) is 5.02 Å². The summed E-state index contributed by atoms with van der Waals surface area (Å²) < 4.78 is 0. The van der Waals surface area contributed by atoms with Crippen molar-refractivity contribution in [1.82, 2.24) is 5.32 Å². The van der Waals surface area contributed by atoms with Crippen molar-refractivity contribution in [3.05, 3.63) is 64.7 Å². The number of Topliss-reactive ketones (excluding diaryl/α,β-unsaturated/α-hetero) is 1. The minimum Gasteiger partial charge on any atom is -0.338 e. The molecule has 0 aliphatic heterocycles. The molecule has 0 radical (unpaired) electrons. The zero-order chi connectivity index (χ0) is 15.9. The summed E-state index contributed by atoms with van der Waals surface area (Å²) in [4.78, 5) is 22.9. The molecule has 0 aromatic heterocycles. The van der Waals surface area contributed by atoms with Gasteiger partial charge in [-0.2, -0.15) is 0 Å². The van der Waals surface area contributed by atoms with Gasteiger partial charge in [0.05, 0.1) is 0 Å². The van der Waals surface area contributed by atoms with Crippen LogP contribution in [-0.2, 0) is 6.42 Å². The van der Waals surface area contributed by atoms with E-state index >= 15 is 0 Å². The Kier molecular flexibility index (Phi) is 5.55. The summed E-state index contributed by atoms with van der Waals surface area (Å²) >= 11 is 5.82. The Bertz CT molecular complexity index is 651. The first kappa shape index (κ1) is 16.0. The van der Waals surface area contributed by atoms with E-state index in [1.807, 2.05) is 24.3 Å². The molecule has 0 aliphatic rings. The van der Waals surface area contributed by atoms with Gasteiger partial charge in [0.15, 0.2) is 5.78 Å². The van der Waals surface area contributed by atoms with Crippen LogP contribution in [0.1, 0.15) is 22.8 Å². The van der Waals surface area contributed by atoms with Crippen LogP contribution in [0, 0.1) is 0 Å². The highest BCUT2D eigenvalue weighted by Gasteiger charge is 2.03. The molecule has 2 N–H and O–H groups in total. The minimum absolute atomic E-state index is 0.000957. The third kappa shape index (κ3) is 4.90. The molecule has 2 aromatic rings. The number of ketones is 1. The van der Waals surface area contributed by atoms with E-state index in [2.05, 4.69) is 10.6 Å². The quantitative estimate of drug-likeness (QED) is 0.822. The molecule has 0 aliphatic carbocycles. The van der Waals surface area contributed by atoms with Gasteiger partial charge >= 0.3 is 6.03 Å². The highest BCUT2D eigenvalue weighted by molar-refractivity contribution is 6.30. The summed E-state index contributed by atoms with van der Waals surface area (Å²) in [6, 6.07) is 14.0. The number of hydrogen-bond donors (Lipinski definition) is 2. The summed E-state index contributed by atoms with van der Waals surface area (Å²) in [6.45, 7) is 2.03. The second-order valence-corrected chi connectivity index (χ2v) is 5.33. The van der Waals surface area contributed by atoms with Gasteiger partial charge in [-0.3, -0.25) is 4.79 Å². The van der Waals surface area contributed by atoms with Crippen LogP contribution in [0.4, 0.5) is 10.5 Å². The van der Waals surface area contributed by atoms with Crippen LogP contribution in [0.25, 0.3) is 0 Å². The van der Waals surface area contributed by atoms with Crippen molar-refractivity contribution in [2.75, 3.05) is 11.9 Å². The zero-order valence-corrected chi connectivity index (χ0v) is 13.0. The monoisotopic (exact) mass is 316 g/mol. The Hall–Kier alpha value is -2.33. The average molecular weight is 317 g/mol. The molecule has 0 saturated carbocycles. The van der Waals surface area contributed by atoms with Crippen molar-refractivity contribution in [2.45, 2.75) is 13.3 Å². The van der Waals surface area contributed by atoms with Crippen LogP contribution < -0.4 is 10.6 Å². The molecule has 2 rings (SSSR count). The van der Waals surface area contributed by atoms with Gasteiger partial charge in [0.25, 0.3) is 0 Å². The molecule has 0 atom stereocenters. The van der Waals surface area contributed by atoms with Gasteiger partial charge in [0.1, 0.15) is 0 Å². The Morgan fingerprint density at radius 1 is 1.00 bits per heavy atom. The molecule has 22 heavy (non-hydrogen) atoms. The first-order chi connectivity index (χ1) is 10.5. The maximum Gasteiger partial charge on any atom is 0.319 e. The Balaban J connectivity index is 1.77. The number of anilines is 1. The van der Waals surface area contributed by atoms with Gasteiger partial charge in [0.2, 0.25) is 0 Å². The fraction of sp³-hybridized carbons (Fsp3) is 0.176. The topological polar surface area (TPSA) is 58.2 Å². The molecule has 0 unspecified atom stereocenters. The van der Waals surface area contributed by atoms with E-state index in [0.29, 0.717) is 22.8 Å². The Labute approximate surface area is 134 Å². The molecule has 4 nitrogen and oxygen atoms in total. The molecule has 2 aromatic carbocycles. The van der Waals surface area contributed by atoms with Gasteiger partial charge in [0, 0.05) is 22.8 Å². The van der Waals surface area contributed by atoms with Crippen molar-refractivity contribution in [2.24, 2.45) is 0 Å². The zero-order valence-electron chi connectivity index (χ0n) is 12.2. The average Bonchev–Trinajstić information content (AvgIpc) is 2.50.